The van der Waals surface area contributed by atoms with Gasteiger partial charge in [0.15, 0.2) is 0 Å². The van der Waals surface area contributed by atoms with E-state index in [1.54, 1.807) is 0 Å². The molecule has 0 aromatic heterocycles. The number of hydrogen-bond acceptors (Lipinski definition) is 2. The summed E-state index contributed by atoms with van der Waals surface area (Å²) in [5.74, 6) is 0.551. The van der Waals surface area contributed by atoms with E-state index in [2.05, 4.69) is 20.8 Å². The second kappa shape index (κ2) is 2.94. The molecule has 0 spiro atoms. The molecule has 1 aliphatic heterocycles. The van der Waals surface area contributed by atoms with E-state index in [-0.39, 0.29) is 5.60 Å². The summed E-state index contributed by atoms with van der Waals surface area (Å²) in [7, 11) is 0. The molecular formula is C9H17NO. The minimum atomic E-state index is 0.0184. The van der Waals surface area contributed by atoms with Crippen LogP contribution in [0.2, 0.25) is 0 Å². The van der Waals surface area contributed by atoms with Gasteiger partial charge in [0.1, 0.15) is 0 Å². The van der Waals surface area contributed by atoms with Crippen molar-refractivity contribution in [3.63, 3.8) is 0 Å². The topological polar surface area (TPSA) is 33.1 Å². The molecule has 1 unspecified atom stereocenters. The molecule has 1 rings (SSSR count). The van der Waals surface area contributed by atoms with Crippen molar-refractivity contribution in [3.05, 3.63) is 0 Å². The van der Waals surface area contributed by atoms with E-state index in [4.69, 9.17) is 10.1 Å². The maximum Gasteiger partial charge on any atom is 0.0849 e. The molecule has 0 aliphatic carbocycles. The van der Waals surface area contributed by atoms with Crippen LogP contribution < -0.4 is 0 Å². The third-order valence-corrected chi connectivity index (χ3v) is 2.72. The highest BCUT2D eigenvalue weighted by molar-refractivity contribution is 5.83. The molecule has 0 bridgehead atoms. The summed E-state index contributed by atoms with van der Waals surface area (Å²) in [6.45, 7) is 7.03. The van der Waals surface area contributed by atoms with E-state index in [0.29, 0.717) is 12.5 Å². The maximum absolute atomic E-state index is 7.38. The number of hydrogen-bond donors (Lipinski definition) is 1. The zero-order chi connectivity index (χ0) is 8.48. The van der Waals surface area contributed by atoms with E-state index in [1.807, 2.05) is 0 Å². The SMILES string of the molecule is CC(C)C1(C)CCC(=N)CO1. The van der Waals surface area contributed by atoms with Crippen molar-refractivity contribution in [1.29, 1.82) is 5.41 Å². The van der Waals surface area contributed by atoms with Crippen LogP contribution in [0.5, 0.6) is 0 Å². The van der Waals surface area contributed by atoms with Gasteiger partial charge >= 0.3 is 0 Å². The van der Waals surface area contributed by atoms with Gasteiger partial charge in [0.2, 0.25) is 0 Å². The van der Waals surface area contributed by atoms with Gasteiger partial charge < -0.3 is 10.1 Å². The van der Waals surface area contributed by atoms with Gasteiger partial charge in [0, 0.05) is 5.71 Å². The molecule has 0 amide bonds. The predicted octanol–water partition coefficient (Wildman–Crippen LogP) is 2.23. The van der Waals surface area contributed by atoms with Gasteiger partial charge in [-0.25, -0.2) is 0 Å². The van der Waals surface area contributed by atoms with Gasteiger partial charge in [-0.2, -0.15) is 0 Å². The van der Waals surface area contributed by atoms with Crippen molar-refractivity contribution >= 4 is 5.71 Å². The first kappa shape index (κ1) is 8.72. The monoisotopic (exact) mass is 155 g/mol. The van der Waals surface area contributed by atoms with Gasteiger partial charge in [-0.1, -0.05) is 13.8 Å². The average molecular weight is 155 g/mol. The molecule has 0 saturated carbocycles. The minimum Gasteiger partial charge on any atom is -0.369 e. The Morgan fingerprint density at radius 2 is 2.18 bits per heavy atom. The number of rotatable bonds is 1. The van der Waals surface area contributed by atoms with E-state index in [0.717, 1.165) is 18.6 Å². The van der Waals surface area contributed by atoms with Crippen molar-refractivity contribution in [1.82, 2.24) is 0 Å². The van der Waals surface area contributed by atoms with Crippen molar-refractivity contribution in [2.45, 2.75) is 39.2 Å². The normalized spacial score (nSPS) is 32.9. The van der Waals surface area contributed by atoms with Crippen LogP contribution in [0.25, 0.3) is 0 Å². The molecule has 0 radical (unpaired) electrons. The van der Waals surface area contributed by atoms with E-state index in [9.17, 15) is 0 Å². The Hall–Kier alpha value is -0.370. The molecule has 11 heavy (non-hydrogen) atoms. The Kier molecular flexibility index (Phi) is 2.33. The Morgan fingerprint density at radius 3 is 2.55 bits per heavy atom. The zero-order valence-electron chi connectivity index (χ0n) is 7.61. The van der Waals surface area contributed by atoms with E-state index < -0.39 is 0 Å². The fourth-order valence-corrected chi connectivity index (χ4v) is 1.25. The van der Waals surface area contributed by atoms with Crippen molar-refractivity contribution in [2.24, 2.45) is 5.92 Å². The van der Waals surface area contributed by atoms with Crippen molar-refractivity contribution in [3.8, 4) is 0 Å². The molecule has 0 aromatic carbocycles. The first-order valence-corrected chi connectivity index (χ1v) is 4.25. The maximum atomic E-state index is 7.38. The molecule has 0 aromatic rings. The van der Waals surface area contributed by atoms with E-state index >= 15 is 0 Å². The second-order valence-electron chi connectivity index (χ2n) is 3.86. The lowest BCUT2D eigenvalue weighted by atomic mass is 9.85. The van der Waals surface area contributed by atoms with Crippen molar-refractivity contribution < 1.29 is 4.74 Å². The quantitative estimate of drug-likeness (QED) is 0.619. The van der Waals surface area contributed by atoms with Crippen LogP contribution in [-0.4, -0.2) is 17.9 Å². The van der Waals surface area contributed by atoms with Crippen LogP contribution >= 0.6 is 0 Å². The fraction of sp³-hybridized carbons (Fsp3) is 0.889. The number of ether oxygens (including phenoxy) is 1. The first-order valence-electron chi connectivity index (χ1n) is 4.25. The Balaban J connectivity index is 2.55. The van der Waals surface area contributed by atoms with Gasteiger partial charge in [0.25, 0.3) is 0 Å². The zero-order valence-corrected chi connectivity index (χ0v) is 7.61. The molecule has 1 aliphatic rings. The largest absolute Gasteiger partial charge is 0.369 e. The Bertz CT molecular complexity index is 153. The number of nitrogens with one attached hydrogen (secondary N) is 1. The van der Waals surface area contributed by atoms with Crippen LogP contribution in [0.1, 0.15) is 33.6 Å². The third-order valence-electron chi connectivity index (χ3n) is 2.72. The third kappa shape index (κ3) is 1.80. The summed E-state index contributed by atoms with van der Waals surface area (Å²) in [5, 5.41) is 7.38. The molecule has 1 N–H and O–H groups in total. The summed E-state index contributed by atoms with van der Waals surface area (Å²) < 4.78 is 5.61. The molecule has 64 valence electrons. The second-order valence-corrected chi connectivity index (χ2v) is 3.86. The van der Waals surface area contributed by atoms with Gasteiger partial charge in [-0.05, 0) is 25.7 Å². The van der Waals surface area contributed by atoms with Crippen LogP contribution in [0.3, 0.4) is 0 Å². The molecular weight excluding hydrogens is 138 g/mol. The smallest absolute Gasteiger partial charge is 0.0849 e. The minimum absolute atomic E-state index is 0.0184. The van der Waals surface area contributed by atoms with Crippen LogP contribution in [-0.2, 0) is 4.74 Å². The van der Waals surface area contributed by atoms with Crippen LogP contribution in [0.4, 0.5) is 0 Å². The molecule has 1 atom stereocenters. The molecule has 2 heteroatoms. The lowest BCUT2D eigenvalue weighted by Gasteiger charge is -2.37. The molecule has 1 saturated heterocycles. The highest BCUT2D eigenvalue weighted by Crippen LogP contribution is 2.30. The van der Waals surface area contributed by atoms with Crippen molar-refractivity contribution in [2.75, 3.05) is 6.61 Å². The average Bonchev–Trinajstić information content (AvgIpc) is 1.95. The standard InChI is InChI=1S/C9H17NO/c1-7(2)9(3)5-4-8(10)6-11-9/h7,10H,4-6H2,1-3H3. The summed E-state index contributed by atoms with van der Waals surface area (Å²) in [5.41, 5.74) is 0.757. The van der Waals surface area contributed by atoms with Gasteiger partial charge in [-0.3, -0.25) is 0 Å². The van der Waals surface area contributed by atoms with Crippen LogP contribution in [0.15, 0.2) is 0 Å². The Morgan fingerprint density at radius 1 is 1.55 bits per heavy atom. The molecule has 2 nitrogen and oxygen atoms in total. The van der Waals surface area contributed by atoms with E-state index in [1.165, 1.54) is 0 Å². The highest BCUT2D eigenvalue weighted by atomic mass is 16.5. The summed E-state index contributed by atoms with van der Waals surface area (Å²) >= 11 is 0. The fourth-order valence-electron chi connectivity index (χ4n) is 1.25. The molecule has 1 fully saturated rings. The summed E-state index contributed by atoms with van der Waals surface area (Å²) in [4.78, 5) is 0. The lowest BCUT2D eigenvalue weighted by molar-refractivity contribution is -0.0623. The van der Waals surface area contributed by atoms with Crippen LogP contribution in [0, 0.1) is 11.3 Å². The highest BCUT2D eigenvalue weighted by Gasteiger charge is 2.32. The summed E-state index contributed by atoms with van der Waals surface area (Å²) in [6, 6.07) is 0. The summed E-state index contributed by atoms with van der Waals surface area (Å²) in [6.07, 6.45) is 1.91. The van der Waals surface area contributed by atoms with Gasteiger partial charge in [-0.15, -0.1) is 0 Å². The predicted molar refractivity (Wildman–Crippen MR) is 46.2 cm³/mol. The Labute approximate surface area is 68.5 Å². The molecule has 1 heterocycles. The van der Waals surface area contributed by atoms with Gasteiger partial charge in [0.05, 0.1) is 12.2 Å². The first-order chi connectivity index (χ1) is 5.04. The lowest BCUT2D eigenvalue weighted by Crippen LogP contribution is -2.40.